The van der Waals surface area contributed by atoms with Crippen LogP contribution in [0, 0.1) is 5.41 Å². The van der Waals surface area contributed by atoms with Gasteiger partial charge in [-0.1, -0.05) is 0 Å². The van der Waals surface area contributed by atoms with E-state index in [-0.39, 0.29) is 30.7 Å². The molecular formula is C24H32F3NO6. The van der Waals surface area contributed by atoms with Crippen LogP contribution in [-0.4, -0.2) is 35.7 Å². The van der Waals surface area contributed by atoms with Crippen molar-refractivity contribution in [3.63, 3.8) is 0 Å². The first-order chi connectivity index (χ1) is 15.5. The number of esters is 2. The second-order valence-electron chi connectivity index (χ2n) is 9.60. The van der Waals surface area contributed by atoms with E-state index in [4.69, 9.17) is 14.2 Å². The van der Waals surface area contributed by atoms with Gasteiger partial charge in [0.1, 0.15) is 23.6 Å². The molecule has 0 spiro atoms. The monoisotopic (exact) mass is 487 g/mol. The van der Waals surface area contributed by atoms with Gasteiger partial charge < -0.3 is 19.5 Å². The highest BCUT2D eigenvalue weighted by Crippen LogP contribution is 2.44. The van der Waals surface area contributed by atoms with Gasteiger partial charge in [0, 0.05) is 32.4 Å². The molecule has 0 saturated heterocycles. The van der Waals surface area contributed by atoms with Crippen molar-refractivity contribution in [2.75, 3.05) is 0 Å². The Morgan fingerprint density at radius 1 is 1.15 bits per heavy atom. The van der Waals surface area contributed by atoms with Crippen molar-refractivity contribution in [2.24, 2.45) is 5.41 Å². The highest BCUT2D eigenvalue weighted by Gasteiger charge is 2.51. The minimum atomic E-state index is -4.56. The number of ether oxygens (including phenoxy) is 3. The Morgan fingerprint density at radius 2 is 1.79 bits per heavy atom. The lowest BCUT2D eigenvalue weighted by Gasteiger charge is -2.33. The summed E-state index contributed by atoms with van der Waals surface area (Å²) in [7, 11) is 0. The van der Waals surface area contributed by atoms with Crippen molar-refractivity contribution >= 4 is 17.8 Å². The van der Waals surface area contributed by atoms with Crippen LogP contribution in [0.3, 0.4) is 0 Å². The minimum Gasteiger partial charge on any atom is -0.488 e. The van der Waals surface area contributed by atoms with Crippen molar-refractivity contribution in [3.8, 4) is 5.75 Å². The summed E-state index contributed by atoms with van der Waals surface area (Å²) >= 11 is 0. The van der Waals surface area contributed by atoms with Crippen LogP contribution in [0.15, 0.2) is 18.2 Å². The molecule has 2 rings (SSSR count). The Kier molecular flexibility index (Phi) is 8.26. The molecule has 10 heteroatoms. The van der Waals surface area contributed by atoms with Crippen LogP contribution < -0.4 is 10.1 Å². The predicted molar refractivity (Wildman–Crippen MR) is 117 cm³/mol. The molecule has 1 aromatic carbocycles. The van der Waals surface area contributed by atoms with Crippen LogP contribution in [-0.2, 0) is 36.6 Å². The van der Waals surface area contributed by atoms with Crippen LogP contribution in [0.4, 0.5) is 13.2 Å². The fraction of sp³-hybridized carbons (Fsp3) is 0.625. The molecule has 1 amide bonds. The minimum absolute atomic E-state index is 0.126. The van der Waals surface area contributed by atoms with Gasteiger partial charge in [-0.05, 0) is 58.7 Å². The first kappa shape index (κ1) is 27.5. The predicted octanol–water partition coefficient (Wildman–Crippen LogP) is 4.55. The number of amides is 1. The van der Waals surface area contributed by atoms with Crippen LogP contribution in [0.25, 0.3) is 0 Å². The van der Waals surface area contributed by atoms with Crippen LogP contribution >= 0.6 is 0 Å². The highest BCUT2D eigenvalue weighted by molar-refractivity contribution is 5.84. The molecule has 3 atom stereocenters. The lowest BCUT2D eigenvalue weighted by atomic mass is 9.79. The highest BCUT2D eigenvalue weighted by atomic mass is 19.4. The van der Waals surface area contributed by atoms with E-state index in [0.717, 1.165) is 12.1 Å². The maximum atomic E-state index is 13.4. The first-order valence-corrected chi connectivity index (χ1v) is 11.1. The summed E-state index contributed by atoms with van der Waals surface area (Å²) in [5.74, 6) is -1.36. The van der Waals surface area contributed by atoms with Crippen LogP contribution in [0.1, 0.15) is 71.9 Å². The van der Waals surface area contributed by atoms with Gasteiger partial charge in [0.25, 0.3) is 0 Å². The SMILES string of the molecule is CC(=O)OC1CCC(C(=O)NCc2cc(C(F)(F)F)ccc2OC(C)(C)C)(C(C)OC(C)=O)C1. The fourth-order valence-corrected chi connectivity index (χ4v) is 4.16. The van der Waals surface area contributed by atoms with Gasteiger partial charge >= 0.3 is 18.1 Å². The summed E-state index contributed by atoms with van der Waals surface area (Å²) in [6.45, 7) is 9.11. The summed E-state index contributed by atoms with van der Waals surface area (Å²) < 4.78 is 56.3. The molecule has 1 aromatic rings. The van der Waals surface area contributed by atoms with Crippen molar-refractivity contribution < 1.29 is 41.8 Å². The van der Waals surface area contributed by atoms with Crippen molar-refractivity contribution in [3.05, 3.63) is 29.3 Å². The zero-order chi connectivity index (χ0) is 25.9. The number of rotatable bonds is 7. The normalized spacial score (nSPS) is 21.5. The molecule has 1 N–H and O–H groups in total. The molecule has 1 aliphatic carbocycles. The smallest absolute Gasteiger partial charge is 0.416 e. The molecule has 190 valence electrons. The van der Waals surface area contributed by atoms with E-state index in [0.29, 0.717) is 6.42 Å². The van der Waals surface area contributed by atoms with Gasteiger partial charge in [-0.2, -0.15) is 13.2 Å². The van der Waals surface area contributed by atoms with Crippen molar-refractivity contribution in [1.82, 2.24) is 5.32 Å². The maximum Gasteiger partial charge on any atom is 0.416 e. The third-order valence-corrected chi connectivity index (χ3v) is 5.65. The molecule has 34 heavy (non-hydrogen) atoms. The van der Waals surface area contributed by atoms with E-state index >= 15 is 0 Å². The Hall–Kier alpha value is -2.78. The summed E-state index contributed by atoms with van der Waals surface area (Å²) in [5, 5.41) is 2.70. The molecular weight excluding hydrogens is 455 g/mol. The lowest BCUT2D eigenvalue weighted by molar-refractivity contribution is -0.160. The van der Waals surface area contributed by atoms with Gasteiger partial charge in [0.2, 0.25) is 5.91 Å². The average molecular weight is 488 g/mol. The summed E-state index contributed by atoms with van der Waals surface area (Å²) in [6, 6.07) is 3.11. The summed E-state index contributed by atoms with van der Waals surface area (Å²) in [5.41, 5.74) is -2.58. The molecule has 0 radical (unpaired) electrons. The van der Waals surface area contributed by atoms with Gasteiger partial charge in [-0.25, -0.2) is 0 Å². The largest absolute Gasteiger partial charge is 0.488 e. The Balaban J connectivity index is 2.32. The number of hydrogen-bond acceptors (Lipinski definition) is 6. The van der Waals surface area contributed by atoms with Gasteiger partial charge in [0.15, 0.2) is 0 Å². The van der Waals surface area contributed by atoms with Gasteiger partial charge in [0.05, 0.1) is 11.0 Å². The molecule has 1 aliphatic rings. The van der Waals surface area contributed by atoms with E-state index in [9.17, 15) is 27.6 Å². The molecule has 0 heterocycles. The second kappa shape index (κ2) is 10.2. The lowest BCUT2D eigenvalue weighted by Crippen LogP contribution is -2.48. The average Bonchev–Trinajstić information content (AvgIpc) is 3.08. The number of carbonyl (C=O) groups excluding carboxylic acids is 3. The van der Waals surface area contributed by atoms with Crippen LogP contribution in [0.5, 0.6) is 5.75 Å². The first-order valence-electron chi connectivity index (χ1n) is 11.1. The van der Waals surface area contributed by atoms with Gasteiger partial charge in [-0.3, -0.25) is 14.4 Å². The number of halogens is 3. The number of alkyl halides is 3. The standard InChI is InChI=1S/C24H32F3NO6/c1-14(32-15(2)29)23(10-9-19(12-23)33-16(3)30)21(31)28-13-17-11-18(24(25,26)27)7-8-20(17)34-22(4,5)6/h7-8,11,14,19H,9-10,12-13H2,1-6H3,(H,28,31). The van der Waals surface area contributed by atoms with Crippen molar-refractivity contribution in [1.29, 1.82) is 0 Å². The van der Waals surface area contributed by atoms with Crippen LogP contribution in [0.2, 0.25) is 0 Å². The Morgan fingerprint density at radius 3 is 2.32 bits per heavy atom. The number of nitrogens with one attached hydrogen (secondary N) is 1. The molecule has 1 fully saturated rings. The molecule has 1 saturated carbocycles. The quantitative estimate of drug-likeness (QED) is 0.568. The number of hydrogen-bond donors (Lipinski definition) is 1. The Labute approximate surface area is 197 Å². The zero-order valence-corrected chi connectivity index (χ0v) is 20.3. The van der Waals surface area contributed by atoms with E-state index in [1.807, 2.05) is 0 Å². The maximum absolute atomic E-state index is 13.4. The van der Waals surface area contributed by atoms with E-state index in [1.54, 1.807) is 27.7 Å². The van der Waals surface area contributed by atoms with Crippen molar-refractivity contribution in [2.45, 2.75) is 91.3 Å². The number of carbonyl (C=O) groups is 3. The molecule has 3 unspecified atom stereocenters. The Bertz CT molecular complexity index is 924. The van der Waals surface area contributed by atoms with E-state index < -0.39 is 52.8 Å². The molecule has 0 bridgehead atoms. The summed E-state index contributed by atoms with van der Waals surface area (Å²) in [6.07, 6.45) is -5.14. The third-order valence-electron chi connectivity index (χ3n) is 5.65. The fourth-order valence-electron chi connectivity index (χ4n) is 4.16. The summed E-state index contributed by atoms with van der Waals surface area (Å²) in [4.78, 5) is 36.3. The third kappa shape index (κ3) is 7.11. The number of benzene rings is 1. The molecule has 0 aliphatic heterocycles. The van der Waals surface area contributed by atoms with E-state index in [2.05, 4.69) is 5.32 Å². The van der Waals surface area contributed by atoms with E-state index in [1.165, 1.54) is 19.9 Å². The molecule has 0 aromatic heterocycles. The zero-order valence-electron chi connectivity index (χ0n) is 20.3. The second-order valence-corrected chi connectivity index (χ2v) is 9.60. The molecule has 7 nitrogen and oxygen atoms in total. The topological polar surface area (TPSA) is 90.9 Å². The van der Waals surface area contributed by atoms with Gasteiger partial charge in [-0.15, -0.1) is 0 Å².